The highest BCUT2D eigenvalue weighted by Gasteiger charge is 2.21. The van der Waals surface area contributed by atoms with E-state index in [1.807, 2.05) is 62.4 Å². The number of benzene rings is 2. The van der Waals surface area contributed by atoms with Gasteiger partial charge in [0.25, 0.3) is 0 Å². The van der Waals surface area contributed by atoms with Gasteiger partial charge in [0.1, 0.15) is 6.54 Å². The van der Waals surface area contributed by atoms with Crippen LogP contribution in [0.3, 0.4) is 0 Å². The van der Waals surface area contributed by atoms with E-state index in [9.17, 15) is 9.59 Å². The van der Waals surface area contributed by atoms with Crippen molar-refractivity contribution < 1.29 is 9.59 Å². The third kappa shape index (κ3) is 4.72. The van der Waals surface area contributed by atoms with Gasteiger partial charge >= 0.3 is 0 Å². The maximum absolute atomic E-state index is 12.9. The molecule has 0 heterocycles. The zero-order valence-corrected chi connectivity index (χ0v) is 16.3. The Hall–Kier alpha value is -2.62. The molecule has 0 atom stereocenters. The molecular formula is C22H28N2O2. The molecule has 0 fully saturated rings. The zero-order valence-electron chi connectivity index (χ0n) is 16.3. The Morgan fingerprint density at radius 2 is 1.62 bits per heavy atom. The van der Waals surface area contributed by atoms with Crippen LogP contribution in [0.2, 0.25) is 0 Å². The van der Waals surface area contributed by atoms with Crippen molar-refractivity contribution in [1.82, 2.24) is 0 Å². The lowest BCUT2D eigenvalue weighted by molar-refractivity contribution is -0.121. The Kier molecular flexibility index (Phi) is 6.56. The lowest BCUT2D eigenvalue weighted by Gasteiger charge is -2.27. The molecule has 138 valence electrons. The van der Waals surface area contributed by atoms with Gasteiger partial charge in [-0.15, -0.1) is 0 Å². The Bertz CT molecular complexity index is 766. The molecule has 0 aliphatic heterocycles. The van der Waals surface area contributed by atoms with Gasteiger partial charge in [-0.05, 0) is 55.2 Å². The summed E-state index contributed by atoms with van der Waals surface area (Å²) in [6.45, 7) is 10.3. The molecule has 0 saturated carbocycles. The van der Waals surface area contributed by atoms with Gasteiger partial charge in [-0.2, -0.15) is 0 Å². The minimum atomic E-state index is -0.143. The molecule has 2 amide bonds. The number of carbonyl (C=O) groups is 2. The summed E-state index contributed by atoms with van der Waals surface area (Å²) in [5.41, 5.74) is 3.91. The number of hydrogen-bond donors (Lipinski definition) is 0. The first kappa shape index (κ1) is 19.7. The molecule has 0 saturated heterocycles. The van der Waals surface area contributed by atoms with Crippen LogP contribution in [-0.2, 0) is 9.59 Å². The average Bonchev–Trinajstić information content (AvgIpc) is 2.60. The highest BCUT2D eigenvalue weighted by molar-refractivity contribution is 6.03. The first-order chi connectivity index (χ1) is 12.3. The van der Waals surface area contributed by atoms with E-state index in [1.165, 1.54) is 17.4 Å². The van der Waals surface area contributed by atoms with Crippen LogP contribution in [0.15, 0.2) is 48.5 Å². The second-order valence-corrected chi connectivity index (χ2v) is 6.83. The number of carbonyl (C=O) groups excluding carboxylic acids is 2. The number of nitrogens with zero attached hydrogens (tertiary/aromatic N) is 2. The summed E-state index contributed by atoms with van der Waals surface area (Å²) < 4.78 is 0. The number of aryl methyl sites for hydroxylation is 1. The van der Waals surface area contributed by atoms with Crippen molar-refractivity contribution in [3.05, 3.63) is 59.7 Å². The first-order valence-electron chi connectivity index (χ1n) is 9.08. The molecule has 4 heteroatoms. The molecule has 0 unspecified atom stereocenters. The molecule has 0 aliphatic rings. The van der Waals surface area contributed by atoms with Crippen molar-refractivity contribution in [2.24, 2.45) is 0 Å². The van der Waals surface area contributed by atoms with Crippen molar-refractivity contribution >= 4 is 23.2 Å². The molecule has 4 nitrogen and oxygen atoms in total. The minimum absolute atomic E-state index is 0.0259. The van der Waals surface area contributed by atoms with Crippen molar-refractivity contribution in [3.63, 3.8) is 0 Å². The van der Waals surface area contributed by atoms with Crippen LogP contribution in [0.25, 0.3) is 0 Å². The summed E-state index contributed by atoms with van der Waals surface area (Å²) in [6, 6.07) is 15.7. The van der Waals surface area contributed by atoms with E-state index >= 15 is 0 Å². The fourth-order valence-corrected chi connectivity index (χ4v) is 2.94. The molecule has 0 aliphatic carbocycles. The molecule has 0 spiro atoms. The van der Waals surface area contributed by atoms with Crippen molar-refractivity contribution in [3.8, 4) is 0 Å². The van der Waals surface area contributed by atoms with Gasteiger partial charge in [0.15, 0.2) is 0 Å². The second-order valence-electron chi connectivity index (χ2n) is 6.83. The van der Waals surface area contributed by atoms with E-state index in [0.29, 0.717) is 12.5 Å². The summed E-state index contributed by atoms with van der Waals surface area (Å²) in [4.78, 5) is 28.3. The number of amides is 2. The van der Waals surface area contributed by atoms with E-state index in [2.05, 4.69) is 13.8 Å². The maximum atomic E-state index is 12.9. The second kappa shape index (κ2) is 8.65. The first-order valence-corrected chi connectivity index (χ1v) is 9.08. The summed E-state index contributed by atoms with van der Waals surface area (Å²) in [6.07, 6.45) is 0. The molecule has 0 bridgehead atoms. The Balaban J connectivity index is 2.22. The molecule has 26 heavy (non-hydrogen) atoms. The fraction of sp³-hybridized carbons (Fsp3) is 0.364. The van der Waals surface area contributed by atoms with Gasteiger partial charge in [0.2, 0.25) is 11.8 Å². The Labute approximate surface area is 156 Å². The van der Waals surface area contributed by atoms with E-state index < -0.39 is 0 Å². The van der Waals surface area contributed by atoms with Crippen molar-refractivity contribution in [1.29, 1.82) is 0 Å². The number of likely N-dealkylation sites (N-methyl/N-ethyl adjacent to an activating group) is 1. The molecule has 2 rings (SSSR count). The lowest BCUT2D eigenvalue weighted by Crippen LogP contribution is -2.42. The normalized spacial score (nSPS) is 10.7. The minimum Gasteiger partial charge on any atom is -0.311 e. The Morgan fingerprint density at radius 1 is 0.962 bits per heavy atom. The highest BCUT2D eigenvalue weighted by Crippen LogP contribution is 2.21. The Morgan fingerprint density at radius 3 is 2.12 bits per heavy atom. The highest BCUT2D eigenvalue weighted by atomic mass is 16.2. The van der Waals surface area contributed by atoms with Crippen LogP contribution in [0, 0.1) is 6.92 Å². The summed E-state index contributed by atoms with van der Waals surface area (Å²) >= 11 is 0. The summed E-state index contributed by atoms with van der Waals surface area (Å²) in [5.74, 6) is 0.186. The van der Waals surface area contributed by atoms with E-state index in [1.54, 1.807) is 4.90 Å². The number of rotatable bonds is 6. The van der Waals surface area contributed by atoms with Gasteiger partial charge in [-0.25, -0.2) is 0 Å². The largest absolute Gasteiger partial charge is 0.311 e. The summed E-state index contributed by atoms with van der Waals surface area (Å²) in [5, 5.41) is 0. The van der Waals surface area contributed by atoms with Gasteiger partial charge < -0.3 is 9.80 Å². The summed E-state index contributed by atoms with van der Waals surface area (Å²) in [7, 11) is 0. The van der Waals surface area contributed by atoms with Gasteiger partial charge in [0, 0.05) is 24.8 Å². The van der Waals surface area contributed by atoms with Crippen LogP contribution in [0.4, 0.5) is 11.4 Å². The van der Waals surface area contributed by atoms with Crippen LogP contribution in [0.5, 0.6) is 0 Å². The number of anilines is 2. The van der Waals surface area contributed by atoms with E-state index in [-0.39, 0.29) is 18.4 Å². The van der Waals surface area contributed by atoms with Gasteiger partial charge in [-0.3, -0.25) is 9.59 Å². The predicted octanol–water partition coefficient (Wildman–Crippen LogP) is 4.52. The third-order valence-corrected chi connectivity index (χ3v) is 4.48. The van der Waals surface area contributed by atoms with Crippen molar-refractivity contribution in [2.75, 3.05) is 22.9 Å². The lowest BCUT2D eigenvalue weighted by atomic mass is 10.0. The van der Waals surface area contributed by atoms with Crippen LogP contribution in [0.1, 0.15) is 44.7 Å². The topological polar surface area (TPSA) is 40.6 Å². The fourth-order valence-electron chi connectivity index (χ4n) is 2.94. The maximum Gasteiger partial charge on any atom is 0.247 e. The van der Waals surface area contributed by atoms with Crippen LogP contribution >= 0.6 is 0 Å². The third-order valence-electron chi connectivity index (χ3n) is 4.48. The average molecular weight is 352 g/mol. The predicted molar refractivity (Wildman–Crippen MR) is 108 cm³/mol. The number of hydrogen-bond acceptors (Lipinski definition) is 2. The molecule has 0 N–H and O–H groups in total. The molecular weight excluding hydrogens is 324 g/mol. The van der Waals surface area contributed by atoms with Crippen LogP contribution < -0.4 is 9.80 Å². The monoisotopic (exact) mass is 352 g/mol. The standard InChI is InChI=1S/C22H28N2O2/c1-6-23(21-9-7-8-17(4)14-21)22(26)15-24(18(5)25)20-12-10-19(11-13-20)16(2)3/h7-14,16H,6,15H2,1-5H3. The smallest absolute Gasteiger partial charge is 0.247 e. The molecule has 2 aromatic rings. The SMILES string of the molecule is CCN(C(=O)CN(C(C)=O)c1ccc(C(C)C)cc1)c1cccc(C)c1. The molecule has 0 radical (unpaired) electrons. The van der Waals surface area contributed by atoms with Gasteiger partial charge in [0.05, 0.1) is 0 Å². The molecule has 2 aromatic carbocycles. The zero-order chi connectivity index (χ0) is 19.3. The van der Waals surface area contributed by atoms with E-state index in [0.717, 1.165) is 16.9 Å². The van der Waals surface area contributed by atoms with Crippen LogP contribution in [-0.4, -0.2) is 24.9 Å². The van der Waals surface area contributed by atoms with Crippen molar-refractivity contribution in [2.45, 2.75) is 40.5 Å². The quantitative estimate of drug-likeness (QED) is 0.767. The van der Waals surface area contributed by atoms with Gasteiger partial charge in [-0.1, -0.05) is 38.1 Å². The molecule has 0 aromatic heterocycles. The van der Waals surface area contributed by atoms with E-state index in [4.69, 9.17) is 0 Å².